The molecule has 0 saturated heterocycles. The number of rotatable bonds is 4. The van der Waals surface area contributed by atoms with Crippen LogP contribution in [0.1, 0.15) is 25.4 Å². The first-order valence-corrected chi connectivity index (χ1v) is 5.26. The second-order valence-corrected chi connectivity index (χ2v) is 4.18. The van der Waals surface area contributed by atoms with Crippen LogP contribution < -0.4 is 5.32 Å². The van der Waals surface area contributed by atoms with Crippen LogP contribution in [0, 0.1) is 12.8 Å². The van der Waals surface area contributed by atoms with Gasteiger partial charge in [-0.3, -0.25) is 4.79 Å². The summed E-state index contributed by atoms with van der Waals surface area (Å²) in [5, 5.41) is 2.60. The number of amides is 1. The number of imidazole rings is 1. The van der Waals surface area contributed by atoms with Crippen LogP contribution in [0.15, 0.2) is 6.20 Å². The molecule has 1 aromatic rings. The van der Waals surface area contributed by atoms with Gasteiger partial charge in [0.1, 0.15) is 12.4 Å². The second-order valence-electron chi connectivity index (χ2n) is 4.18. The van der Waals surface area contributed by atoms with Gasteiger partial charge in [0.15, 0.2) is 0 Å². The van der Waals surface area contributed by atoms with Crippen LogP contribution >= 0.6 is 0 Å². The average molecular weight is 209 g/mol. The molecular weight excluding hydrogens is 190 g/mol. The second kappa shape index (κ2) is 4.96. The molecule has 0 radical (unpaired) electrons. The first-order valence-electron chi connectivity index (χ1n) is 5.26. The highest BCUT2D eigenvalue weighted by molar-refractivity contribution is 5.75. The molecule has 15 heavy (non-hydrogen) atoms. The van der Waals surface area contributed by atoms with Crippen molar-refractivity contribution in [2.24, 2.45) is 5.92 Å². The van der Waals surface area contributed by atoms with E-state index < -0.39 is 0 Å². The third-order valence-electron chi connectivity index (χ3n) is 2.24. The first kappa shape index (κ1) is 11.8. The number of nitrogens with zero attached hydrogens (tertiary/aromatic N) is 2. The van der Waals surface area contributed by atoms with Gasteiger partial charge in [0, 0.05) is 13.2 Å². The minimum atomic E-state index is 0.00611. The number of hydrogen-bond donors (Lipinski definition) is 1. The zero-order chi connectivity index (χ0) is 11.4. The van der Waals surface area contributed by atoms with E-state index in [0.717, 1.165) is 17.9 Å². The van der Waals surface area contributed by atoms with Gasteiger partial charge in [-0.1, -0.05) is 13.8 Å². The van der Waals surface area contributed by atoms with Gasteiger partial charge in [0.25, 0.3) is 0 Å². The Bertz CT molecular complexity index is 342. The van der Waals surface area contributed by atoms with E-state index in [9.17, 15) is 4.79 Å². The van der Waals surface area contributed by atoms with Gasteiger partial charge in [0.2, 0.25) is 5.91 Å². The van der Waals surface area contributed by atoms with Crippen LogP contribution in [0.2, 0.25) is 0 Å². The zero-order valence-electron chi connectivity index (χ0n) is 9.87. The number of nitrogens with one attached hydrogen (secondary N) is 1. The summed E-state index contributed by atoms with van der Waals surface area (Å²) in [4.78, 5) is 15.6. The lowest BCUT2D eigenvalue weighted by Gasteiger charge is -2.02. The fourth-order valence-electron chi connectivity index (χ4n) is 1.48. The van der Waals surface area contributed by atoms with Crippen LogP contribution in [0.3, 0.4) is 0 Å². The Kier molecular flexibility index (Phi) is 3.88. The Morgan fingerprint density at radius 1 is 1.60 bits per heavy atom. The van der Waals surface area contributed by atoms with Crippen LogP contribution in [0.25, 0.3) is 0 Å². The van der Waals surface area contributed by atoms with E-state index in [4.69, 9.17) is 0 Å². The van der Waals surface area contributed by atoms with Gasteiger partial charge in [-0.15, -0.1) is 0 Å². The van der Waals surface area contributed by atoms with E-state index in [1.807, 2.05) is 17.7 Å². The fraction of sp³-hybridized carbons (Fsp3) is 0.636. The van der Waals surface area contributed by atoms with E-state index >= 15 is 0 Å². The molecule has 1 rings (SSSR count). The van der Waals surface area contributed by atoms with Crippen molar-refractivity contribution in [3.8, 4) is 0 Å². The minimum Gasteiger partial charge on any atom is -0.358 e. The van der Waals surface area contributed by atoms with Gasteiger partial charge < -0.3 is 9.88 Å². The Morgan fingerprint density at radius 2 is 2.27 bits per heavy atom. The van der Waals surface area contributed by atoms with Crippen LogP contribution in [0.4, 0.5) is 0 Å². The van der Waals surface area contributed by atoms with Crippen molar-refractivity contribution in [2.45, 2.75) is 33.7 Å². The van der Waals surface area contributed by atoms with Crippen molar-refractivity contribution < 1.29 is 4.79 Å². The van der Waals surface area contributed by atoms with Gasteiger partial charge in [0.05, 0.1) is 5.69 Å². The first-order chi connectivity index (χ1) is 7.02. The van der Waals surface area contributed by atoms with Gasteiger partial charge in [-0.05, 0) is 19.3 Å². The van der Waals surface area contributed by atoms with Crippen molar-refractivity contribution in [1.29, 1.82) is 0 Å². The standard InChI is InChI=1S/C11H19N3O/c1-8(2)5-10-6-14(9(3)13-10)7-11(15)12-4/h6,8H,5,7H2,1-4H3,(H,12,15). The molecule has 1 heterocycles. The molecule has 0 aromatic carbocycles. The molecule has 0 aliphatic heterocycles. The van der Waals surface area contributed by atoms with Crippen molar-refractivity contribution >= 4 is 5.91 Å². The molecule has 4 nitrogen and oxygen atoms in total. The third-order valence-corrected chi connectivity index (χ3v) is 2.24. The molecule has 1 N–H and O–H groups in total. The summed E-state index contributed by atoms with van der Waals surface area (Å²) < 4.78 is 1.89. The molecular formula is C11H19N3O. The molecule has 0 aliphatic rings. The summed E-state index contributed by atoms with van der Waals surface area (Å²) in [5.41, 5.74) is 1.06. The van der Waals surface area contributed by atoms with Crippen LogP contribution in [0.5, 0.6) is 0 Å². The maximum atomic E-state index is 11.2. The maximum absolute atomic E-state index is 11.2. The monoisotopic (exact) mass is 209 g/mol. The van der Waals surface area contributed by atoms with E-state index in [2.05, 4.69) is 24.1 Å². The SMILES string of the molecule is CNC(=O)Cn1cc(CC(C)C)nc1C. The predicted octanol–water partition coefficient (Wildman–Crippen LogP) is 1.14. The summed E-state index contributed by atoms with van der Waals surface area (Å²) in [6, 6.07) is 0. The molecule has 0 spiro atoms. The lowest BCUT2D eigenvalue weighted by atomic mass is 10.1. The third kappa shape index (κ3) is 3.38. The lowest BCUT2D eigenvalue weighted by molar-refractivity contribution is -0.121. The average Bonchev–Trinajstić information content (AvgIpc) is 2.45. The van der Waals surface area contributed by atoms with Gasteiger partial charge in [-0.25, -0.2) is 4.98 Å². The van der Waals surface area contributed by atoms with E-state index in [0.29, 0.717) is 12.5 Å². The molecule has 0 fully saturated rings. The fourth-order valence-corrected chi connectivity index (χ4v) is 1.48. The maximum Gasteiger partial charge on any atom is 0.239 e. The van der Waals surface area contributed by atoms with Crippen molar-refractivity contribution in [2.75, 3.05) is 7.05 Å². The van der Waals surface area contributed by atoms with Crippen LogP contribution in [-0.2, 0) is 17.8 Å². The normalized spacial score (nSPS) is 10.7. The lowest BCUT2D eigenvalue weighted by Crippen LogP contribution is -2.23. The van der Waals surface area contributed by atoms with E-state index in [1.54, 1.807) is 7.05 Å². The summed E-state index contributed by atoms with van der Waals surface area (Å²) in [6.45, 7) is 6.60. The van der Waals surface area contributed by atoms with Gasteiger partial charge in [-0.2, -0.15) is 0 Å². The minimum absolute atomic E-state index is 0.00611. The Hall–Kier alpha value is -1.32. The number of carbonyl (C=O) groups is 1. The topological polar surface area (TPSA) is 46.9 Å². The van der Waals surface area contributed by atoms with Gasteiger partial charge >= 0.3 is 0 Å². The summed E-state index contributed by atoms with van der Waals surface area (Å²) >= 11 is 0. The number of hydrogen-bond acceptors (Lipinski definition) is 2. The quantitative estimate of drug-likeness (QED) is 0.808. The van der Waals surface area contributed by atoms with Crippen LogP contribution in [-0.4, -0.2) is 22.5 Å². The number of aryl methyl sites for hydroxylation is 1. The molecule has 0 aliphatic carbocycles. The predicted molar refractivity (Wildman–Crippen MR) is 59.6 cm³/mol. The summed E-state index contributed by atoms with van der Waals surface area (Å²) in [5.74, 6) is 1.49. The van der Waals surface area contributed by atoms with Crippen molar-refractivity contribution in [3.63, 3.8) is 0 Å². The molecule has 0 atom stereocenters. The highest BCUT2D eigenvalue weighted by atomic mass is 16.1. The van der Waals surface area contributed by atoms with Crippen molar-refractivity contribution in [1.82, 2.24) is 14.9 Å². The molecule has 84 valence electrons. The molecule has 0 unspecified atom stereocenters. The number of likely N-dealkylation sites (N-methyl/N-ethyl adjacent to an activating group) is 1. The highest BCUT2D eigenvalue weighted by Gasteiger charge is 2.08. The Morgan fingerprint density at radius 3 is 2.80 bits per heavy atom. The molecule has 1 aromatic heterocycles. The van der Waals surface area contributed by atoms with E-state index in [1.165, 1.54) is 0 Å². The largest absolute Gasteiger partial charge is 0.358 e. The summed E-state index contributed by atoms with van der Waals surface area (Å²) in [6.07, 6.45) is 2.92. The number of carbonyl (C=O) groups excluding carboxylic acids is 1. The molecule has 4 heteroatoms. The zero-order valence-corrected chi connectivity index (χ0v) is 9.87. The number of aromatic nitrogens is 2. The summed E-state index contributed by atoms with van der Waals surface area (Å²) in [7, 11) is 1.64. The highest BCUT2D eigenvalue weighted by Crippen LogP contribution is 2.08. The molecule has 0 bridgehead atoms. The molecule has 1 amide bonds. The molecule has 0 saturated carbocycles. The van der Waals surface area contributed by atoms with Crippen molar-refractivity contribution in [3.05, 3.63) is 17.7 Å². The Balaban J connectivity index is 2.73. The van der Waals surface area contributed by atoms with E-state index in [-0.39, 0.29) is 5.91 Å². The smallest absolute Gasteiger partial charge is 0.239 e. The Labute approximate surface area is 90.7 Å².